The minimum Gasteiger partial charge on any atom is -0.497 e. The topological polar surface area (TPSA) is 124 Å². The van der Waals surface area contributed by atoms with E-state index in [2.05, 4.69) is 20.9 Å². The van der Waals surface area contributed by atoms with Crippen molar-refractivity contribution < 1.29 is 18.6 Å². The highest BCUT2D eigenvalue weighted by atomic mass is 19.1. The third-order valence-electron chi connectivity index (χ3n) is 7.93. The molecule has 246 valence electrons. The second kappa shape index (κ2) is 14.1. The summed E-state index contributed by atoms with van der Waals surface area (Å²) in [4.78, 5) is 20.8. The van der Waals surface area contributed by atoms with Crippen molar-refractivity contribution in [1.29, 1.82) is 5.26 Å². The van der Waals surface area contributed by atoms with E-state index in [-0.39, 0.29) is 11.8 Å². The lowest BCUT2D eigenvalue weighted by Crippen LogP contribution is -2.25. The van der Waals surface area contributed by atoms with Crippen LogP contribution in [0.4, 0.5) is 10.2 Å². The van der Waals surface area contributed by atoms with Gasteiger partial charge in [0.25, 0.3) is 0 Å². The van der Waals surface area contributed by atoms with E-state index in [9.17, 15) is 9.65 Å². The first kappa shape index (κ1) is 31.7. The highest BCUT2D eigenvalue weighted by molar-refractivity contribution is 5.83. The molecule has 0 saturated heterocycles. The number of nitrogens with zero attached hydrogens (tertiary/aromatic N) is 8. The molecule has 0 saturated carbocycles. The molecule has 3 aromatic heterocycles. The average Bonchev–Trinajstić information content (AvgIpc) is 3.59. The van der Waals surface area contributed by atoms with E-state index in [1.165, 1.54) is 18.5 Å². The van der Waals surface area contributed by atoms with Crippen molar-refractivity contribution in [3.63, 3.8) is 0 Å². The number of rotatable bonds is 11. The Balaban J connectivity index is 1.49. The third kappa shape index (κ3) is 6.61. The first-order valence-corrected chi connectivity index (χ1v) is 15.5. The fourth-order valence-electron chi connectivity index (χ4n) is 5.49. The first-order chi connectivity index (χ1) is 24.5. The van der Waals surface area contributed by atoms with Gasteiger partial charge in [-0.05, 0) is 65.7 Å². The number of nitriles is 1. The van der Waals surface area contributed by atoms with Gasteiger partial charge in [-0.25, -0.2) is 23.9 Å². The van der Waals surface area contributed by atoms with Crippen LogP contribution < -0.4 is 19.1 Å². The number of methoxy groups -OCH3 is 2. The Labute approximate surface area is 286 Å². The van der Waals surface area contributed by atoms with Gasteiger partial charge in [0, 0.05) is 24.8 Å². The Morgan fingerprint density at radius 3 is 2.14 bits per heavy atom. The van der Waals surface area contributed by atoms with Crippen molar-refractivity contribution >= 4 is 11.5 Å². The highest BCUT2D eigenvalue weighted by Gasteiger charge is 2.26. The molecule has 0 bridgehead atoms. The molecule has 0 aliphatic heterocycles. The number of hydrogen-bond acceptors (Lipinski definition) is 10. The lowest BCUT2D eigenvalue weighted by molar-refractivity contribution is 0.412. The van der Waals surface area contributed by atoms with Gasteiger partial charge in [-0.1, -0.05) is 48.5 Å². The molecule has 7 rings (SSSR count). The van der Waals surface area contributed by atoms with Crippen LogP contribution in [0.3, 0.4) is 0 Å². The van der Waals surface area contributed by atoms with Crippen molar-refractivity contribution in [1.82, 2.24) is 29.5 Å². The van der Waals surface area contributed by atoms with Gasteiger partial charge in [-0.15, -0.1) is 5.10 Å². The number of para-hydroxylation sites is 1. The lowest BCUT2D eigenvalue weighted by Gasteiger charge is -2.26. The molecule has 0 radical (unpaired) electrons. The summed E-state index contributed by atoms with van der Waals surface area (Å²) in [6.45, 7) is 0.832. The fraction of sp³-hybridized carbons (Fsp3) is 0.105. The molecule has 12 heteroatoms. The van der Waals surface area contributed by atoms with Crippen molar-refractivity contribution in [2.45, 2.75) is 13.1 Å². The van der Waals surface area contributed by atoms with Crippen LogP contribution in [0.2, 0.25) is 0 Å². The van der Waals surface area contributed by atoms with Crippen LogP contribution >= 0.6 is 0 Å². The Morgan fingerprint density at radius 2 is 1.52 bits per heavy atom. The van der Waals surface area contributed by atoms with E-state index >= 15 is 0 Å². The van der Waals surface area contributed by atoms with Crippen molar-refractivity contribution in [2.24, 2.45) is 0 Å². The zero-order valence-electron chi connectivity index (χ0n) is 27.1. The fourth-order valence-corrected chi connectivity index (χ4v) is 5.49. The quantitative estimate of drug-likeness (QED) is 0.139. The number of ether oxygens (including phenoxy) is 3. The van der Waals surface area contributed by atoms with Gasteiger partial charge in [-0.3, -0.25) is 0 Å². The summed E-state index contributed by atoms with van der Waals surface area (Å²) in [5.74, 6) is 1.34. The maximum atomic E-state index is 14.8. The smallest absolute Gasteiger partial charge is 0.342 e. The van der Waals surface area contributed by atoms with Crippen LogP contribution in [0.5, 0.6) is 23.3 Å². The second-order valence-electron chi connectivity index (χ2n) is 11.1. The molecule has 0 amide bonds. The number of aromatic nitrogens is 6. The molecule has 0 fully saturated rings. The summed E-state index contributed by atoms with van der Waals surface area (Å²) in [7, 11) is 3.25. The summed E-state index contributed by atoms with van der Waals surface area (Å²) < 4.78 is 33.1. The normalized spacial score (nSPS) is 10.8. The minimum atomic E-state index is -0.560. The van der Waals surface area contributed by atoms with Crippen LogP contribution in [0.15, 0.2) is 116 Å². The number of benzene rings is 4. The molecule has 50 heavy (non-hydrogen) atoms. The van der Waals surface area contributed by atoms with Crippen molar-refractivity contribution in [2.75, 3.05) is 19.1 Å². The standard InChI is InChI=1S/C38H29FN8O3/c1-48-29-14-10-25(11-15-29)22-46(23-26-12-16-30(49-2)17-13-26)36-37-44-38(50-33-9-4-3-8-31(33)39)45-47(37)35(32-18-19-41-24-42-32)34(43-36)28-7-5-6-27(20-28)21-40/h3-20,24H,22-23H2,1-2H3. The van der Waals surface area contributed by atoms with E-state index in [0.717, 1.165) is 22.6 Å². The summed E-state index contributed by atoms with van der Waals surface area (Å²) in [5.41, 5.74) is 4.87. The molecule has 0 spiro atoms. The molecule has 4 aromatic carbocycles. The van der Waals surface area contributed by atoms with Gasteiger partial charge >= 0.3 is 6.01 Å². The predicted octanol–water partition coefficient (Wildman–Crippen LogP) is 7.28. The van der Waals surface area contributed by atoms with Crippen LogP contribution in [0.25, 0.3) is 28.3 Å². The monoisotopic (exact) mass is 664 g/mol. The predicted molar refractivity (Wildman–Crippen MR) is 184 cm³/mol. The van der Waals surface area contributed by atoms with Crippen LogP contribution in [0.1, 0.15) is 16.7 Å². The average molecular weight is 665 g/mol. The van der Waals surface area contributed by atoms with E-state index in [1.54, 1.807) is 61.3 Å². The largest absolute Gasteiger partial charge is 0.497 e. The van der Waals surface area contributed by atoms with E-state index in [0.29, 0.717) is 52.8 Å². The van der Waals surface area contributed by atoms with Gasteiger partial charge in [0.2, 0.25) is 5.65 Å². The van der Waals surface area contributed by atoms with Crippen LogP contribution in [-0.2, 0) is 13.1 Å². The van der Waals surface area contributed by atoms with Crippen LogP contribution in [0, 0.1) is 17.1 Å². The molecule has 0 aliphatic carbocycles. The molecule has 0 unspecified atom stereocenters. The molecular weight excluding hydrogens is 635 g/mol. The zero-order valence-corrected chi connectivity index (χ0v) is 27.1. The number of fused-ring (bicyclic) bond motifs is 1. The van der Waals surface area contributed by atoms with Gasteiger partial charge in [-0.2, -0.15) is 10.2 Å². The van der Waals surface area contributed by atoms with Crippen molar-refractivity contribution in [3.8, 4) is 52.0 Å². The van der Waals surface area contributed by atoms with Gasteiger partial charge in [0.15, 0.2) is 17.4 Å². The molecule has 0 aliphatic rings. The number of halogens is 1. The summed E-state index contributed by atoms with van der Waals surface area (Å²) in [6.07, 6.45) is 3.04. The Hall–Kier alpha value is -6.87. The SMILES string of the molecule is COc1ccc(CN(Cc2ccc(OC)cc2)c2nc(-c3cccc(C#N)c3)c(-c3ccncn3)n3nc(Oc4ccccc4F)nc23)cc1. The summed E-state index contributed by atoms with van der Waals surface area (Å²) in [5, 5.41) is 14.5. The molecule has 0 N–H and O–H groups in total. The Bertz CT molecular complexity index is 2260. The number of hydrogen-bond donors (Lipinski definition) is 0. The Kier molecular flexibility index (Phi) is 8.94. The number of anilines is 1. The van der Waals surface area contributed by atoms with Crippen LogP contribution in [-0.4, -0.2) is 43.8 Å². The summed E-state index contributed by atoms with van der Waals surface area (Å²) in [6, 6.07) is 32.6. The first-order valence-electron chi connectivity index (χ1n) is 15.5. The molecular formula is C38H29FN8O3. The van der Waals surface area contributed by atoms with Crippen molar-refractivity contribution in [3.05, 3.63) is 138 Å². The zero-order chi connectivity index (χ0) is 34.5. The highest BCUT2D eigenvalue weighted by Crippen LogP contribution is 2.36. The maximum Gasteiger partial charge on any atom is 0.342 e. The molecule has 11 nitrogen and oxygen atoms in total. The molecule has 7 aromatic rings. The minimum absolute atomic E-state index is 0.0308. The molecule has 3 heterocycles. The van der Waals surface area contributed by atoms with E-state index in [4.69, 9.17) is 29.3 Å². The Morgan fingerprint density at radius 1 is 0.820 bits per heavy atom. The maximum absolute atomic E-state index is 14.8. The van der Waals surface area contributed by atoms with Gasteiger partial charge < -0.3 is 19.1 Å². The van der Waals surface area contributed by atoms with Gasteiger partial charge in [0.1, 0.15) is 29.2 Å². The van der Waals surface area contributed by atoms with E-state index < -0.39 is 5.82 Å². The molecule has 0 atom stereocenters. The van der Waals surface area contributed by atoms with Gasteiger partial charge in [0.05, 0.1) is 31.5 Å². The second-order valence-corrected chi connectivity index (χ2v) is 11.1. The van der Waals surface area contributed by atoms with E-state index in [1.807, 2.05) is 54.6 Å². The summed E-state index contributed by atoms with van der Waals surface area (Å²) >= 11 is 0. The third-order valence-corrected chi connectivity index (χ3v) is 7.93. The lowest BCUT2D eigenvalue weighted by atomic mass is 10.0.